The summed E-state index contributed by atoms with van der Waals surface area (Å²) in [6.45, 7) is 1.79. The maximum absolute atomic E-state index is 10.1. The molecule has 1 saturated carbocycles. The van der Waals surface area contributed by atoms with E-state index in [1.807, 2.05) is 0 Å². The zero-order valence-corrected chi connectivity index (χ0v) is 6.68. The quantitative estimate of drug-likeness (QED) is 0.587. The summed E-state index contributed by atoms with van der Waals surface area (Å²) in [6.07, 6.45) is 2.91. The highest BCUT2D eigenvalue weighted by Crippen LogP contribution is 2.55. The third-order valence-electron chi connectivity index (χ3n) is 3.23. The first-order valence-electron chi connectivity index (χ1n) is 4.23. The van der Waals surface area contributed by atoms with Crippen LogP contribution in [0.2, 0.25) is 0 Å². The highest BCUT2D eigenvalue weighted by Gasteiger charge is 2.59. The number of hydrogen-bond donors (Lipinski definition) is 2. The molecule has 3 heteroatoms. The summed E-state index contributed by atoms with van der Waals surface area (Å²) in [5.74, 6) is 0. The molecule has 0 aromatic heterocycles. The van der Waals surface area contributed by atoms with Crippen molar-refractivity contribution in [3.63, 3.8) is 0 Å². The fourth-order valence-electron chi connectivity index (χ4n) is 1.98. The molecule has 1 aliphatic heterocycles. The maximum Gasteiger partial charge on any atom is 0.0969 e. The molecule has 1 heterocycles. The average Bonchev–Trinajstić information content (AvgIpc) is 2.71. The molecular formula is C8H15NO2. The van der Waals surface area contributed by atoms with Crippen molar-refractivity contribution in [2.45, 2.75) is 24.9 Å². The van der Waals surface area contributed by atoms with Crippen LogP contribution in [0, 0.1) is 5.41 Å². The molecule has 1 atom stereocenters. The van der Waals surface area contributed by atoms with Crippen molar-refractivity contribution in [1.29, 1.82) is 0 Å². The van der Waals surface area contributed by atoms with E-state index < -0.39 is 5.60 Å². The summed E-state index contributed by atoms with van der Waals surface area (Å²) in [5.41, 5.74) is 5.04. The highest BCUT2D eigenvalue weighted by molar-refractivity contribution is 5.10. The fourth-order valence-corrected chi connectivity index (χ4v) is 1.98. The summed E-state index contributed by atoms with van der Waals surface area (Å²) in [4.78, 5) is 0. The minimum atomic E-state index is -0.595. The second-order valence-electron chi connectivity index (χ2n) is 3.82. The Hall–Kier alpha value is -0.120. The SMILES string of the molecule is NCC1(C2(O)CCOC2)CC1. The molecule has 0 bridgehead atoms. The van der Waals surface area contributed by atoms with Gasteiger partial charge in [0.15, 0.2) is 0 Å². The van der Waals surface area contributed by atoms with E-state index in [4.69, 9.17) is 10.5 Å². The lowest BCUT2D eigenvalue weighted by Gasteiger charge is -2.30. The summed E-state index contributed by atoms with van der Waals surface area (Å²) in [7, 11) is 0. The van der Waals surface area contributed by atoms with E-state index in [1.165, 1.54) is 0 Å². The first-order valence-corrected chi connectivity index (χ1v) is 4.23. The van der Waals surface area contributed by atoms with E-state index in [0.717, 1.165) is 19.3 Å². The fraction of sp³-hybridized carbons (Fsp3) is 1.00. The Labute approximate surface area is 66.5 Å². The van der Waals surface area contributed by atoms with Crippen molar-refractivity contribution in [1.82, 2.24) is 0 Å². The molecule has 0 amide bonds. The van der Waals surface area contributed by atoms with Crippen molar-refractivity contribution < 1.29 is 9.84 Å². The van der Waals surface area contributed by atoms with Crippen LogP contribution in [0.4, 0.5) is 0 Å². The number of ether oxygens (including phenoxy) is 1. The molecule has 3 N–H and O–H groups in total. The van der Waals surface area contributed by atoms with Crippen molar-refractivity contribution in [2.24, 2.45) is 11.1 Å². The summed E-state index contributed by atoms with van der Waals surface area (Å²) in [5, 5.41) is 10.1. The zero-order chi connectivity index (χ0) is 7.95. The van der Waals surface area contributed by atoms with E-state index in [2.05, 4.69) is 0 Å². The Morgan fingerprint density at radius 2 is 2.09 bits per heavy atom. The summed E-state index contributed by atoms with van der Waals surface area (Å²) < 4.78 is 5.18. The molecule has 0 aromatic carbocycles. The predicted molar refractivity (Wildman–Crippen MR) is 41.1 cm³/mol. The van der Waals surface area contributed by atoms with Gasteiger partial charge in [0.25, 0.3) is 0 Å². The third kappa shape index (κ3) is 0.916. The lowest BCUT2D eigenvalue weighted by atomic mass is 9.83. The predicted octanol–water partition coefficient (Wildman–Crippen LogP) is -0.123. The van der Waals surface area contributed by atoms with Gasteiger partial charge in [0.05, 0.1) is 12.2 Å². The molecule has 0 spiro atoms. The summed E-state index contributed by atoms with van der Waals surface area (Å²) in [6, 6.07) is 0. The molecule has 0 aromatic rings. The van der Waals surface area contributed by atoms with Crippen LogP contribution >= 0.6 is 0 Å². The molecule has 0 radical (unpaired) electrons. The van der Waals surface area contributed by atoms with Crippen LogP contribution in [-0.2, 0) is 4.74 Å². The largest absolute Gasteiger partial charge is 0.387 e. The third-order valence-corrected chi connectivity index (χ3v) is 3.23. The first kappa shape index (κ1) is 7.53. The number of nitrogens with two attached hydrogens (primary N) is 1. The minimum Gasteiger partial charge on any atom is -0.387 e. The maximum atomic E-state index is 10.1. The number of rotatable bonds is 2. The molecular weight excluding hydrogens is 142 g/mol. The standard InChI is InChI=1S/C8H15NO2/c9-5-7(1-2-7)8(10)3-4-11-6-8/h10H,1-6,9H2. The topological polar surface area (TPSA) is 55.5 Å². The van der Waals surface area contributed by atoms with Gasteiger partial charge in [0, 0.05) is 25.0 Å². The van der Waals surface area contributed by atoms with Gasteiger partial charge in [0.1, 0.15) is 0 Å². The molecule has 64 valence electrons. The van der Waals surface area contributed by atoms with Gasteiger partial charge in [-0.25, -0.2) is 0 Å². The van der Waals surface area contributed by atoms with E-state index in [1.54, 1.807) is 0 Å². The van der Waals surface area contributed by atoms with Gasteiger partial charge in [-0.3, -0.25) is 0 Å². The van der Waals surface area contributed by atoms with Gasteiger partial charge < -0.3 is 15.6 Å². The Balaban J connectivity index is 2.12. The van der Waals surface area contributed by atoms with Gasteiger partial charge in [0.2, 0.25) is 0 Å². The van der Waals surface area contributed by atoms with E-state index in [-0.39, 0.29) is 5.41 Å². The van der Waals surface area contributed by atoms with E-state index in [0.29, 0.717) is 19.8 Å². The Morgan fingerprint density at radius 1 is 1.36 bits per heavy atom. The second kappa shape index (κ2) is 2.19. The van der Waals surface area contributed by atoms with Gasteiger partial charge in [-0.15, -0.1) is 0 Å². The minimum absolute atomic E-state index is 0.0174. The molecule has 1 saturated heterocycles. The van der Waals surface area contributed by atoms with Gasteiger partial charge in [-0.1, -0.05) is 0 Å². The second-order valence-corrected chi connectivity index (χ2v) is 3.82. The Kier molecular flexibility index (Phi) is 1.50. The normalized spacial score (nSPS) is 40.9. The number of hydrogen-bond acceptors (Lipinski definition) is 3. The van der Waals surface area contributed by atoms with Crippen LogP contribution in [0.15, 0.2) is 0 Å². The van der Waals surface area contributed by atoms with Crippen LogP contribution in [-0.4, -0.2) is 30.5 Å². The van der Waals surface area contributed by atoms with Gasteiger partial charge in [-0.05, 0) is 12.8 Å². The molecule has 11 heavy (non-hydrogen) atoms. The molecule has 1 aliphatic carbocycles. The molecule has 2 rings (SSSR count). The van der Waals surface area contributed by atoms with Crippen LogP contribution < -0.4 is 5.73 Å². The van der Waals surface area contributed by atoms with Crippen molar-refractivity contribution in [3.05, 3.63) is 0 Å². The molecule has 1 unspecified atom stereocenters. The van der Waals surface area contributed by atoms with Crippen molar-refractivity contribution in [2.75, 3.05) is 19.8 Å². The molecule has 3 nitrogen and oxygen atoms in total. The first-order chi connectivity index (χ1) is 5.22. The average molecular weight is 157 g/mol. The summed E-state index contributed by atoms with van der Waals surface area (Å²) >= 11 is 0. The molecule has 2 aliphatic rings. The van der Waals surface area contributed by atoms with Crippen molar-refractivity contribution in [3.8, 4) is 0 Å². The van der Waals surface area contributed by atoms with E-state index in [9.17, 15) is 5.11 Å². The van der Waals surface area contributed by atoms with Crippen LogP contribution in [0.5, 0.6) is 0 Å². The lowest BCUT2D eigenvalue weighted by molar-refractivity contribution is -0.0346. The zero-order valence-electron chi connectivity index (χ0n) is 6.68. The van der Waals surface area contributed by atoms with Crippen LogP contribution in [0.3, 0.4) is 0 Å². The Bertz CT molecular complexity index is 159. The van der Waals surface area contributed by atoms with Gasteiger partial charge >= 0.3 is 0 Å². The van der Waals surface area contributed by atoms with E-state index >= 15 is 0 Å². The van der Waals surface area contributed by atoms with Crippen LogP contribution in [0.1, 0.15) is 19.3 Å². The van der Waals surface area contributed by atoms with Gasteiger partial charge in [-0.2, -0.15) is 0 Å². The lowest BCUT2D eigenvalue weighted by Crippen LogP contribution is -2.44. The smallest absolute Gasteiger partial charge is 0.0969 e. The molecule has 2 fully saturated rings. The Morgan fingerprint density at radius 3 is 2.45 bits per heavy atom. The number of aliphatic hydroxyl groups is 1. The van der Waals surface area contributed by atoms with Crippen molar-refractivity contribution >= 4 is 0 Å². The highest BCUT2D eigenvalue weighted by atomic mass is 16.5. The van der Waals surface area contributed by atoms with Crippen LogP contribution in [0.25, 0.3) is 0 Å². The monoisotopic (exact) mass is 157 g/mol.